The van der Waals surface area contributed by atoms with E-state index in [0.717, 1.165) is 18.6 Å². The van der Waals surface area contributed by atoms with E-state index in [4.69, 9.17) is 18.5 Å². The lowest BCUT2D eigenvalue weighted by Crippen LogP contribution is -2.51. The lowest BCUT2D eigenvalue weighted by atomic mass is 9.98. The van der Waals surface area contributed by atoms with Crippen LogP contribution in [0.5, 0.6) is 5.75 Å². The highest BCUT2D eigenvalue weighted by molar-refractivity contribution is 7.52. The van der Waals surface area contributed by atoms with Crippen LogP contribution in [0, 0.1) is 11.8 Å². The van der Waals surface area contributed by atoms with Gasteiger partial charge >= 0.3 is 13.7 Å². The minimum absolute atomic E-state index is 0.0483. The van der Waals surface area contributed by atoms with Crippen LogP contribution >= 0.6 is 7.75 Å². The van der Waals surface area contributed by atoms with Crippen molar-refractivity contribution in [2.24, 2.45) is 0 Å². The number of hydrogen-bond acceptors (Lipinski definition) is 9. The SMILES string of the molecule is C=C1NC(=O)C=CN1[C@@H]1O[C@H](COP(=O)(N[C@@H](CC)C(=O)OC(C)C)Oc2ccc(C#Cc3ccccc3)cc2)[C@@H](O)[C@@]1(C)F. The van der Waals surface area contributed by atoms with E-state index in [0.29, 0.717) is 5.56 Å². The van der Waals surface area contributed by atoms with Crippen LogP contribution in [-0.2, 0) is 28.2 Å². The Bertz CT molecular complexity index is 1520. The summed E-state index contributed by atoms with van der Waals surface area (Å²) < 4.78 is 52.5. The van der Waals surface area contributed by atoms with Crippen molar-refractivity contribution in [3.8, 4) is 17.6 Å². The van der Waals surface area contributed by atoms with Gasteiger partial charge in [-0.25, -0.2) is 8.96 Å². The zero-order valence-corrected chi connectivity index (χ0v) is 26.3. The largest absolute Gasteiger partial charge is 0.462 e. The van der Waals surface area contributed by atoms with E-state index in [1.807, 2.05) is 30.3 Å². The van der Waals surface area contributed by atoms with Gasteiger partial charge in [0.2, 0.25) is 0 Å². The lowest BCUT2D eigenvalue weighted by molar-refractivity contribution is -0.149. The van der Waals surface area contributed by atoms with Crippen LogP contribution in [0.3, 0.4) is 0 Å². The number of nitrogens with zero attached hydrogens (tertiary/aromatic N) is 1. The normalized spacial score (nSPS) is 24.8. The Morgan fingerprint density at radius 2 is 1.84 bits per heavy atom. The van der Waals surface area contributed by atoms with Gasteiger partial charge < -0.3 is 29.3 Å². The standard InChI is InChI=1S/C32H37FN3O8P/c1-6-26(30(39)42-21(2)3)35-45(40,44-25-16-14-24(15-17-25)13-12-23-10-8-7-9-11-23)41-20-27-29(38)32(5,33)31(43-27)36-19-18-28(37)34-22(36)4/h7-11,14-19,21,26-27,29,31,38H,4,6,20H2,1-3,5H3,(H,34,37)(H,35,40)/t26-,27+,29+,31+,32+,45?/m0/s1. The van der Waals surface area contributed by atoms with Gasteiger partial charge in [-0.2, -0.15) is 5.09 Å². The van der Waals surface area contributed by atoms with E-state index >= 15 is 4.39 Å². The van der Waals surface area contributed by atoms with Crippen molar-refractivity contribution in [1.82, 2.24) is 15.3 Å². The molecule has 2 aliphatic heterocycles. The van der Waals surface area contributed by atoms with Gasteiger partial charge in [0.25, 0.3) is 5.91 Å². The Morgan fingerprint density at radius 1 is 1.20 bits per heavy atom. The van der Waals surface area contributed by atoms with E-state index in [-0.39, 0.29) is 18.0 Å². The second-order valence-corrected chi connectivity index (χ2v) is 12.6. The van der Waals surface area contributed by atoms with E-state index < -0.39 is 62.5 Å². The van der Waals surface area contributed by atoms with Crippen LogP contribution in [-0.4, -0.2) is 64.7 Å². The van der Waals surface area contributed by atoms with Gasteiger partial charge in [-0.1, -0.05) is 43.5 Å². The van der Waals surface area contributed by atoms with E-state index in [2.05, 4.69) is 28.8 Å². The molecular weight excluding hydrogens is 604 g/mol. The zero-order valence-electron chi connectivity index (χ0n) is 25.4. The molecule has 0 spiro atoms. The number of hydrogen-bond donors (Lipinski definition) is 3. The molecule has 2 aromatic rings. The Kier molecular flexibility index (Phi) is 10.9. The number of aliphatic hydroxyl groups is 1. The first kappa shape index (κ1) is 33.9. The summed E-state index contributed by atoms with van der Waals surface area (Å²) >= 11 is 0. The molecule has 3 N–H and O–H groups in total. The van der Waals surface area contributed by atoms with Crippen LogP contribution in [0.1, 0.15) is 45.2 Å². The van der Waals surface area contributed by atoms with Crippen LogP contribution in [0.15, 0.2) is 79.3 Å². The summed E-state index contributed by atoms with van der Waals surface area (Å²) in [7, 11) is -4.39. The predicted molar refractivity (Wildman–Crippen MR) is 164 cm³/mol. The highest BCUT2D eigenvalue weighted by atomic mass is 31.2. The summed E-state index contributed by atoms with van der Waals surface area (Å²) in [4.78, 5) is 25.6. The molecule has 2 heterocycles. The summed E-state index contributed by atoms with van der Waals surface area (Å²) in [6, 6.07) is 14.8. The summed E-state index contributed by atoms with van der Waals surface area (Å²) in [5, 5.41) is 15.9. The number of halogens is 1. The molecule has 0 saturated carbocycles. The van der Waals surface area contributed by atoms with Crippen molar-refractivity contribution in [1.29, 1.82) is 0 Å². The molecule has 1 amide bonds. The fourth-order valence-electron chi connectivity index (χ4n) is 4.54. The monoisotopic (exact) mass is 641 g/mol. The molecular formula is C32H37FN3O8P. The number of carbonyl (C=O) groups is 2. The van der Waals surface area contributed by atoms with Gasteiger partial charge in [0, 0.05) is 23.4 Å². The summed E-state index contributed by atoms with van der Waals surface area (Å²) in [5.41, 5.74) is -0.847. The van der Waals surface area contributed by atoms with Crippen molar-refractivity contribution in [3.63, 3.8) is 0 Å². The molecule has 13 heteroatoms. The molecule has 240 valence electrons. The number of alkyl halides is 1. The molecule has 1 fully saturated rings. The number of esters is 1. The molecule has 1 unspecified atom stereocenters. The first-order valence-corrected chi connectivity index (χ1v) is 15.9. The highest BCUT2D eigenvalue weighted by Crippen LogP contribution is 2.47. The quantitative estimate of drug-likeness (QED) is 0.187. The summed E-state index contributed by atoms with van der Waals surface area (Å²) in [6.45, 7) is 9.29. The van der Waals surface area contributed by atoms with E-state index in [9.17, 15) is 19.3 Å². The Morgan fingerprint density at radius 3 is 2.44 bits per heavy atom. The smallest absolute Gasteiger partial charge is 0.459 e. The molecule has 11 nitrogen and oxygen atoms in total. The van der Waals surface area contributed by atoms with Gasteiger partial charge in [0.15, 0.2) is 11.9 Å². The molecule has 0 radical (unpaired) electrons. The van der Waals surface area contributed by atoms with Crippen molar-refractivity contribution in [3.05, 3.63) is 90.4 Å². The van der Waals surface area contributed by atoms with Gasteiger partial charge in [-0.3, -0.25) is 14.1 Å². The van der Waals surface area contributed by atoms with Crippen LogP contribution < -0.4 is 14.9 Å². The van der Waals surface area contributed by atoms with Crippen LogP contribution in [0.2, 0.25) is 0 Å². The number of amides is 1. The molecule has 45 heavy (non-hydrogen) atoms. The van der Waals surface area contributed by atoms with Crippen LogP contribution in [0.4, 0.5) is 4.39 Å². The van der Waals surface area contributed by atoms with Gasteiger partial charge in [0.1, 0.15) is 29.8 Å². The predicted octanol–water partition coefficient (Wildman–Crippen LogP) is 4.14. The minimum Gasteiger partial charge on any atom is -0.462 e. The molecule has 0 bridgehead atoms. The van der Waals surface area contributed by atoms with Crippen molar-refractivity contribution in [2.75, 3.05) is 6.61 Å². The Balaban J connectivity index is 1.53. The third-order valence-corrected chi connectivity index (χ3v) is 8.48. The second-order valence-electron chi connectivity index (χ2n) is 10.9. The first-order valence-electron chi connectivity index (χ1n) is 14.4. The number of benzene rings is 2. The molecule has 0 aromatic heterocycles. The van der Waals surface area contributed by atoms with Gasteiger partial charge in [-0.15, -0.1) is 0 Å². The highest BCUT2D eigenvalue weighted by Gasteiger charge is 2.57. The lowest BCUT2D eigenvalue weighted by Gasteiger charge is -2.35. The fourth-order valence-corrected chi connectivity index (χ4v) is 6.13. The number of carbonyl (C=O) groups excluding carboxylic acids is 2. The van der Waals surface area contributed by atoms with Crippen molar-refractivity contribution < 1.29 is 42.2 Å². The zero-order chi connectivity index (χ0) is 32.8. The van der Waals surface area contributed by atoms with Gasteiger partial charge in [-0.05, 0) is 63.6 Å². The second kappa shape index (κ2) is 14.4. The van der Waals surface area contributed by atoms with Crippen LogP contribution in [0.25, 0.3) is 0 Å². The summed E-state index contributed by atoms with van der Waals surface area (Å²) in [6.07, 6.45) is -2.24. The number of nitrogens with one attached hydrogen (secondary N) is 2. The molecule has 0 aliphatic carbocycles. The number of ether oxygens (including phenoxy) is 2. The van der Waals surface area contributed by atoms with Crippen molar-refractivity contribution in [2.45, 2.75) is 70.4 Å². The van der Waals surface area contributed by atoms with Crippen molar-refractivity contribution >= 4 is 19.6 Å². The average Bonchev–Trinajstić information content (AvgIpc) is 3.22. The fraction of sp³-hybridized carbons (Fsp3) is 0.375. The Labute approximate surface area is 262 Å². The minimum atomic E-state index is -4.39. The molecule has 6 atom stereocenters. The topological polar surface area (TPSA) is 136 Å². The molecule has 1 saturated heterocycles. The number of rotatable bonds is 11. The third-order valence-electron chi connectivity index (χ3n) is 6.91. The first-order chi connectivity index (χ1) is 21.3. The molecule has 4 rings (SSSR count). The van der Waals surface area contributed by atoms with E-state index in [1.165, 1.54) is 23.2 Å². The maximum absolute atomic E-state index is 15.8. The maximum Gasteiger partial charge on any atom is 0.459 e. The third kappa shape index (κ3) is 8.60. The van der Waals surface area contributed by atoms with Gasteiger partial charge in [0.05, 0.1) is 12.7 Å². The Hall–Kier alpha value is -3.98. The molecule has 2 aromatic carbocycles. The number of aliphatic hydroxyl groups excluding tert-OH is 1. The average molecular weight is 642 g/mol. The van der Waals surface area contributed by atoms with E-state index in [1.54, 1.807) is 32.9 Å². The molecule has 2 aliphatic rings. The summed E-state index contributed by atoms with van der Waals surface area (Å²) in [5.74, 6) is 5.15. The maximum atomic E-state index is 15.8.